The molecule has 228 valence electrons. The van der Waals surface area contributed by atoms with Crippen molar-refractivity contribution >= 4 is 11.9 Å². The number of carboxylic acid groups (broad SMARTS) is 2. The molecule has 4 heteroatoms. The summed E-state index contributed by atoms with van der Waals surface area (Å²) in [6.07, 6.45) is 42.0. The van der Waals surface area contributed by atoms with Crippen LogP contribution in [0.15, 0.2) is 60.8 Å². The first-order valence-electron chi connectivity index (χ1n) is 16.2. The third-order valence-corrected chi connectivity index (χ3v) is 7.25. The van der Waals surface area contributed by atoms with E-state index in [1.807, 2.05) is 0 Å². The lowest BCUT2D eigenvalue weighted by atomic mass is 9.84. The molecule has 0 spiro atoms. The molecule has 0 rings (SSSR count). The summed E-state index contributed by atoms with van der Waals surface area (Å²) in [5.41, 5.74) is 0. The van der Waals surface area contributed by atoms with Crippen molar-refractivity contribution in [2.75, 3.05) is 0 Å². The van der Waals surface area contributed by atoms with Crippen molar-refractivity contribution in [3.05, 3.63) is 60.8 Å². The summed E-state index contributed by atoms with van der Waals surface area (Å²) in [7, 11) is 0. The lowest BCUT2D eigenvalue weighted by molar-refractivity contribution is -0.154. The number of rotatable bonds is 28. The van der Waals surface area contributed by atoms with Crippen LogP contribution in [-0.2, 0) is 9.59 Å². The van der Waals surface area contributed by atoms with Crippen molar-refractivity contribution in [3.63, 3.8) is 0 Å². The van der Waals surface area contributed by atoms with Crippen LogP contribution < -0.4 is 0 Å². The molecular weight excluding hydrogens is 496 g/mol. The van der Waals surface area contributed by atoms with E-state index in [2.05, 4.69) is 74.6 Å². The average molecular weight is 557 g/mol. The van der Waals surface area contributed by atoms with Crippen molar-refractivity contribution in [1.82, 2.24) is 0 Å². The zero-order valence-corrected chi connectivity index (χ0v) is 25.8. The van der Waals surface area contributed by atoms with Crippen LogP contribution in [0.25, 0.3) is 0 Å². The van der Waals surface area contributed by atoms with Crippen LogP contribution in [0.4, 0.5) is 0 Å². The maximum atomic E-state index is 11.9. The largest absolute Gasteiger partial charge is 0.481 e. The van der Waals surface area contributed by atoms with E-state index in [0.717, 1.165) is 89.9 Å². The topological polar surface area (TPSA) is 74.6 Å². The summed E-state index contributed by atoms with van der Waals surface area (Å²) < 4.78 is 0. The van der Waals surface area contributed by atoms with Gasteiger partial charge in [0.25, 0.3) is 0 Å². The van der Waals surface area contributed by atoms with Crippen LogP contribution in [0.3, 0.4) is 0 Å². The molecule has 0 bridgehead atoms. The van der Waals surface area contributed by atoms with E-state index < -0.39 is 23.8 Å². The highest BCUT2D eigenvalue weighted by Crippen LogP contribution is 2.26. The van der Waals surface area contributed by atoms with Crippen LogP contribution >= 0.6 is 0 Å². The second kappa shape index (κ2) is 29.6. The van der Waals surface area contributed by atoms with E-state index >= 15 is 0 Å². The fourth-order valence-corrected chi connectivity index (χ4v) is 4.80. The molecule has 2 atom stereocenters. The summed E-state index contributed by atoms with van der Waals surface area (Å²) in [6.45, 7) is 4.36. The van der Waals surface area contributed by atoms with E-state index in [4.69, 9.17) is 0 Å². The second-order valence-corrected chi connectivity index (χ2v) is 10.8. The molecule has 0 aliphatic rings. The number of hydrogen-bond donors (Lipinski definition) is 2. The van der Waals surface area contributed by atoms with Crippen LogP contribution in [0, 0.1) is 11.8 Å². The zero-order valence-electron chi connectivity index (χ0n) is 25.8. The Labute approximate surface area is 246 Å². The van der Waals surface area contributed by atoms with Crippen LogP contribution in [-0.4, -0.2) is 22.2 Å². The normalized spacial score (nSPS) is 13.9. The van der Waals surface area contributed by atoms with Gasteiger partial charge >= 0.3 is 11.9 Å². The summed E-state index contributed by atoms with van der Waals surface area (Å²) >= 11 is 0. The molecule has 0 aromatic rings. The molecule has 0 aliphatic heterocycles. The highest BCUT2D eigenvalue weighted by Gasteiger charge is 2.32. The van der Waals surface area contributed by atoms with Gasteiger partial charge in [0, 0.05) is 0 Å². The Morgan fingerprint density at radius 1 is 0.475 bits per heavy atom. The summed E-state index contributed by atoms with van der Waals surface area (Å²) in [6, 6.07) is 0. The van der Waals surface area contributed by atoms with Crippen LogP contribution in [0.2, 0.25) is 0 Å². The highest BCUT2D eigenvalue weighted by atomic mass is 16.4. The summed E-state index contributed by atoms with van der Waals surface area (Å²) in [5, 5.41) is 19.4. The first-order valence-corrected chi connectivity index (χ1v) is 16.2. The molecule has 0 aromatic carbocycles. The van der Waals surface area contributed by atoms with Gasteiger partial charge in [-0.15, -0.1) is 0 Å². The zero-order chi connectivity index (χ0) is 29.5. The first-order chi connectivity index (χ1) is 19.5. The third kappa shape index (κ3) is 24.7. The first kappa shape index (κ1) is 37.6. The van der Waals surface area contributed by atoms with Gasteiger partial charge in [0.15, 0.2) is 0 Å². The number of allylic oxidation sites excluding steroid dienone is 10. The van der Waals surface area contributed by atoms with Gasteiger partial charge in [0.1, 0.15) is 0 Å². The van der Waals surface area contributed by atoms with Gasteiger partial charge in [-0.2, -0.15) is 0 Å². The van der Waals surface area contributed by atoms with E-state index in [0.29, 0.717) is 12.8 Å². The number of carboxylic acids is 2. The summed E-state index contributed by atoms with van der Waals surface area (Å²) in [4.78, 5) is 23.7. The second-order valence-electron chi connectivity index (χ2n) is 10.8. The fourth-order valence-electron chi connectivity index (χ4n) is 4.80. The molecule has 0 aliphatic carbocycles. The molecule has 2 N–H and O–H groups in total. The van der Waals surface area contributed by atoms with Crippen molar-refractivity contribution < 1.29 is 19.8 Å². The minimum atomic E-state index is -0.960. The Kier molecular flexibility index (Phi) is 27.9. The van der Waals surface area contributed by atoms with Gasteiger partial charge in [0.2, 0.25) is 0 Å². The Hall–Kier alpha value is -2.36. The Balaban J connectivity index is 4.04. The summed E-state index contributed by atoms with van der Waals surface area (Å²) in [5.74, 6) is -3.49. The predicted molar refractivity (Wildman–Crippen MR) is 172 cm³/mol. The van der Waals surface area contributed by atoms with E-state index in [-0.39, 0.29) is 0 Å². The lowest BCUT2D eigenvalue weighted by Crippen LogP contribution is -2.30. The van der Waals surface area contributed by atoms with Gasteiger partial charge in [-0.25, -0.2) is 0 Å². The van der Waals surface area contributed by atoms with Crippen molar-refractivity contribution in [2.45, 2.75) is 142 Å². The molecule has 0 fully saturated rings. The molecule has 0 radical (unpaired) electrons. The lowest BCUT2D eigenvalue weighted by Gasteiger charge is -2.20. The van der Waals surface area contributed by atoms with Gasteiger partial charge in [0.05, 0.1) is 11.8 Å². The smallest absolute Gasteiger partial charge is 0.307 e. The SMILES string of the molecule is CCC=CCC=CCC=CCCCCCCC(C(=O)O)C(CCCCCCC=CCC=CCCCCC)C(=O)O. The maximum Gasteiger partial charge on any atom is 0.307 e. The van der Waals surface area contributed by atoms with Gasteiger partial charge < -0.3 is 10.2 Å². The van der Waals surface area contributed by atoms with Crippen molar-refractivity contribution in [2.24, 2.45) is 11.8 Å². The molecule has 0 heterocycles. The Bertz CT molecular complexity index is 744. The monoisotopic (exact) mass is 556 g/mol. The molecular formula is C36H60O4. The molecule has 0 saturated heterocycles. The minimum absolute atomic E-state index is 0.456. The fraction of sp³-hybridized carbons (Fsp3) is 0.667. The molecule has 2 unspecified atom stereocenters. The Morgan fingerprint density at radius 2 is 0.825 bits per heavy atom. The quantitative estimate of drug-likeness (QED) is 0.0742. The third-order valence-electron chi connectivity index (χ3n) is 7.25. The highest BCUT2D eigenvalue weighted by molar-refractivity contribution is 5.79. The van der Waals surface area contributed by atoms with E-state index in [1.54, 1.807) is 0 Å². The minimum Gasteiger partial charge on any atom is -0.481 e. The van der Waals surface area contributed by atoms with Gasteiger partial charge in [-0.05, 0) is 77.0 Å². The molecule has 0 saturated carbocycles. The van der Waals surface area contributed by atoms with Crippen LogP contribution in [0.1, 0.15) is 142 Å². The van der Waals surface area contributed by atoms with Crippen molar-refractivity contribution in [1.29, 1.82) is 0 Å². The Morgan fingerprint density at radius 3 is 1.20 bits per heavy atom. The number of hydrogen-bond acceptors (Lipinski definition) is 2. The van der Waals surface area contributed by atoms with Gasteiger partial charge in [-0.3, -0.25) is 9.59 Å². The number of unbranched alkanes of at least 4 members (excludes halogenated alkanes) is 11. The van der Waals surface area contributed by atoms with Crippen LogP contribution in [0.5, 0.6) is 0 Å². The van der Waals surface area contributed by atoms with Crippen molar-refractivity contribution in [3.8, 4) is 0 Å². The predicted octanol–water partition coefficient (Wildman–Crippen LogP) is 11.0. The molecule has 40 heavy (non-hydrogen) atoms. The molecule has 0 amide bonds. The average Bonchev–Trinajstić information content (AvgIpc) is 2.93. The maximum absolute atomic E-state index is 11.9. The number of aliphatic carboxylic acids is 2. The molecule has 4 nitrogen and oxygen atoms in total. The van der Waals surface area contributed by atoms with E-state index in [1.165, 1.54) is 25.7 Å². The van der Waals surface area contributed by atoms with E-state index in [9.17, 15) is 19.8 Å². The number of carbonyl (C=O) groups is 2. The van der Waals surface area contributed by atoms with Gasteiger partial charge in [-0.1, -0.05) is 126 Å². The standard InChI is InChI=1S/C36H60O4/c1-3-5-7-9-11-13-15-17-19-21-23-25-27-29-31-33(35(37)38)34(36(39)40)32-30-28-26-24-22-20-18-16-14-12-10-8-6-4-2/h5,7,11-14,17-20,33-34H,3-4,6,8-10,15-16,21-32H2,1-2H3,(H,37,38)(H,39,40). The molecule has 0 aromatic heterocycles.